The van der Waals surface area contributed by atoms with E-state index in [2.05, 4.69) is 41.4 Å². The first-order valence-electron chi connectivity index (χ1n) is 9.89. The van der Waals surface area contributed by atoms with Gasteiger partial charge in [-0.1, -0.05) is 60.4 Å². The van der Waals surface area contributed by atoms with E-state index < -0.39 is 6.09 Å². The lowest BCUT2D eigenvalue weighted by molar-refractivity contribution is 0.144. The summed E-state index contributed by atoms with van der Waals surface area (Å²) in [5, 5.41) is 2.71. The number of rotatable bonds is 4. The zero-order valence-corrected chi connectivity index (χ0v) is 17.1. The first-order chi connectivity index (χ1) is 14.7. The number of ether oxygens (including phenoxy) is 2. The van der Waals surface area contributed by atoms with Gasteiger partial charge in [0, 0.05) is 11.5 Å². The van der Waals surface area contributed by atoms with Gasteiger partial charge in [0.15, 0.2) is 0 Å². The molecule has 0 fully saturated rings. The van der Waals surface area contributed by atoms with Crippen LogP contribution in [0.3, 0.4) is 0 Å². The van der Waals surface area contributed by atoms with Gasteiger partial charge in [-0.3, -0.25) is 0 Å². The van der Waals surface area contributed by atoms with Crippen LogP contribution in [-0.4, -0.2) is 26.4 Å². The number of carbonyl (C=O) groups is 1. The number of methoxy groups -OCH3 is 1. The number of fused-ring (bicyclic) bond motifs is 3. The second-order valence-corrected chi connectivity index (χ2v) is 7.16. The molecule has 3 aromatic rings. The Morgan fingerprint density at radius 3 is 2.30 bits per heavy atom. The van der Waals surface area contributed by atoms with Crippen molar-refractivity contribution >= 4 is 6.09 Å². The number of nitrogens with one attached hydrogen (secondary N) is 1. The van der Waals surface area contributed by atoms with Crippen LogP contribution in [0.5, 0.6) is 5.75 Å². The normalized spacial score (nSPS) is 11.7. The summed E-state index contributed by atoms with van der Waals surface area (Å²) < 4.78 is 10.7. The Morgan fingerprint density at radius 1 is 1.00 bits per heavy atom. The van der Waals surface area contributed by atoms with Crippen molar-refractivity contribution in [3.63, 3.8) is 0 Å². The third-order valence-electron chi connectivity index (χ3n) is 5.32. The lowest BCUT2D eigenvalue weighted by Crippen LogP contribution is -2.26. The van der Waals surface area contributed by atoms with Crippen LogP contribution < -0.4 is 10.1 Å². The van der Waals surface area contributed by atoms with Crippen LogP contribution in [0.15, 0.2) is 66.7 Å². The molecule has 0 saturated carbocycles. The molecule has 0 unspecified atom stereocenters. The Morgan fingerprint density at radius 2 is 1.67 bits per heavy atom. The van der Waals surface area contributed by atoms with Gasteiger partial charge >= 0.3 is 6.09 Å². The molecule has 0 spiro atoms. The van der Waals surface area contributed by atoms with Gasteiger partial charge in [-0.25, -0.2) is 4.79 Å². The number of aryl methyl sites for hydroxylation is 1. The van der Waals surface area contributed by atoms with E-state index in [9.17, 15) is 4.79 Å². The van der Waals surface area contributed by atoms with E-state index in [4.69, 9.17) is 9.47 Å². The maximum absolute atomic E-state index is 12.2. The van der Waals surface area contributed by atoms with Crippen LogP contribution in [-0.2, 0) is 4.74 Å². The van der Waals surface area contributed by atoms with Gasteiger partial charge in [0.25, 0.3) is 0 Å². The minimum atomic E-state index is -0.461. The summed E-state index contributed by atoms with van der Waals surface area (Å²) in [7, 11) is 1.64. The Kier molecular flexibility index (Phi) is 5.72. The fourth-order valence-electron chi connectivity index (χ4n) is 3.81. The molecule has 1 amide bonds. The van der Waals surface area contributed by atoms with Crippen molar-refractivity contribution in [1.29, 1.82) is 0 Å². The van der Waals surface area contributed by atoms with Gasteiger partial charge in [0.1, 0.15) is 12.4 Å². The number of amides is 1. The Hall–Kier alpha value is -3.71. The first kappa shape index (κ1) is 19.6. The minimum absolute atomic E-state index is 0.0520. The third-order valence-corrected chi connectivity index (χ3v) is 5.32. The average Bonchev–Trinajstić information content (AvgIpc) is 3.10. The summed E-state index contributed by atoms with van der Waals surface area (Å²) >= 11 is 0. The van der Waals surface area contributed by atoms with Crippen LogP contribution in [0, 0.1) is 18.8 Å². The molecule has 0 aliphatic heterocycles. The summed E-state index contributed by atoms with van der Waals surface area (Å²) in [4.78, 5) is 12.2. The van der Waals surface area contributed by atoms with E-state index >= 15 is 0 Å². The van der Waals surface area contributed by atoms with E-state index in [1.165, 1.54) is 22.3 Å². The van der Waals surface area contributed by atoms with Gasteiger partial charge in [0.05, 0.1) is 13.7 Å². The average molecular weight is 397 g/mol. The van der Waals surface area contributed by atoms with Crippen LogP contribution in [0.25, 0.3) is 11.1 Å². The molecular formula is C26H23NO3. The molecular weight excluding hydrogens is 374 g/mol. The quantitative estimate of drug-likeness (QED) is 0.638. The van der Waals surface area contributed by atoms with Crippen molar-refractivity contribution in [3.05, 3.63) is 89.0 Å². The molecule has 1 aliphatic rings. The highest BCUT2D eigenvalue weighted by Gasteiger charge is 2.28. The van der Waals surface area contributed by atoms with Crippen molar-refractivity contribution in [2.75, 3.05) is 20.3 Å². The second kappa shape index (κ2) is 8.75. The van der Waals surface area contributed by atoms with Gasteiger partial charge in [-0.15, -0.1) is 0 Å². The smallest absolute Gasteiger partial charge is 0.407 e. The molecule has 4 heteroatoms. The second-order valence-electron chi connectivity index (χ2n) is 7.16. The molecule has 150 valence electrons. The van der Waals surface area contributed by atoms with Crippen molar-refractivity contribution < 1.29 is 14.3 Å². The highest BCUT2D eigenvalue weighted by atomic mass is 16.5. The number of carbonyl (C=O) groups excluding carboxylic acids is 1. The number of benzene rings is 3. The molecule has 0 atom stereocenters. The summed E-state index contributed by atoms with van der Waals surface area (Å²) in [5.41, 5.74) is 6.75. The topological polar surface area (TPSA) is 47.6 Å². The molecule has 1 aliphatic carbocycles. The highest BCUT2D eigenvalue weighted by Crippen LogP contribution is 2.44. The van der Waals surface area contributed by atoms with E-state index in [1.807, 2.05) is 49.4 Å². The van der Waals surface area contributed by atoms with Gasteiger partial charge < -0.3 is 14.8 Å². The van der Waals surface area contributed by atoms with Crippen molar-refractivity contribution in [2.24, 2.45) is 0 Å². The molecule has 4 nitrogen and oxygen atoms in total. The fraction of sp³-hybridized carbons (Fsp3) is 0.192. The molecule has 0 heterocycles. The van der Waals surface area contributed by atoms with Crippen molar-refractivity contribution in [1.82, 2.24) is 5.32 Å². The summed E-state index contributed by atoms with van der Waals surface area (Å²) in [6, 6.07) is 22.3. The lowest BCUT2D eigenvalue weighted by atomic mass is 9.98. The van der Waals surface area contributed by atoms with E-state index in [1.54, 1.807) is 7.11 Å². The number of hydrogen-bond acceptors (Lipinski definition) is 3. The third kappa shape index (κ3) is 4.01. The van der Waals surface area contributed by atoms with E-state index in [0.717, 1.165) is 16.9 Å². The predicted octanol–water partition coefficient (Wildman–Crippen LogP) is 4.89. The molecule has 0 saturated heterocycles. The van der Waals surface area contributed by atoms with Gasteiger partial charge in [0.2, 0.25) is 0 Å². The molecule has 1 N–H and O–H groups in total. The minimum Gasteiger partial charge on any atom is -0.497 e. The Balaban J connectivity index is 1.34. The molecule has 0 aromatic heterocycles. The Labute approximate surface area is 176 Å². The largest absolute Gasteiger partial charge is 0.497 e. The zero-order valence-electron chi connectivity index (χ0n) is 17.1. The molecule has 0 bridgehead atoms. The summed E-state index contributed by atoms with van der Waals surface area (Å²) in [5.74, 6) is 6.89. The van der Waals surface area contributed by atoms with Crippen LogP contribution in [0.4, 0.5) is 4.79 Å². The number of hydrogen-bond donors (Lipinski definition) is 1. The predicted molar refractivity (Wildman–Crippen MR) is 118 cm³/mol. The van der Waals surface area contributed by atoms with E-state index in [0.29, 0.717) is 6.61 Å². The fourth-order valence-corrected chi connectivity index (χ4v) is 3.81. The summed E-state index contributed by atoms with van der Waals surface area (Å²) in [6.45, 7) is 2.50. The highest BCUT2D eigenvalue weighted by molar-refractivity contribution is 5.79. The summed E-state index contributed by atoms with van der Waals surface area (Å²) in [6.07, 6.45) is -0.461. The first-order valence-corrected chi connectivity index (χ1v) is 9.89. The van der Waals surface area contributed by atoms with Gasteiger partial charge in [-0.2, -0.15) is 0 Å². The molecule has 3 aromatic carbocycles. The van der Waals surface area contributed by atoms with Crippen LogP contribution in [0.2, 0.25) is 0 Å². The van der Waals surface area contributed by atoms with Crippen molar-refractivity contribution in [3.8, 4) is 28.7 Å². The SMILES string of the molecule is COc1ccc(C#CCNC(=O)OCC2c3ccccc3-c3ccccc32)c(C)c1. The zero-order chi connectivity index (χ0) is 20.9. The standard InChI is InChI=1S/C26H23NO3/c1-18-16-20(29-2)14-13-19(18)8-7-15-27-26(28)30-17-25-23-11-5-3-9-21(23)22-10-4-6-12-24(22)25/h3-6,9-14,16,25H,15,17H2,1-2H3,(H,27,28). The maximum atomic E-state index is 12.2. The van der Waals surface area contributed by atoms with Crippen LogP contribution >= 0.6 is 0 Å². The molecule has 0 radical (unpaired) electrons. The number of alkyl carbamates (subject to hydrolysis) is 1. The lowest BCUT2D eigenvalue weighted by Gasteiger charge is -2.14. The Bertz CT molecular complexity index is 1090. The van der Waals surface area contributed by atoms with Crippen LogP contribution in [0.1, 0.15) is 28.2 Å². The van der Waals surface area contributed by atoms with E-state index in [-0.39, 0.29) is 12.5 Å². The molecule has 30 heavy (non-hydrogen) atoms. The maximum Gasteiger partial charge on any atom is 0.407 e. The molecule has 4 rings (SSSR count). The van der Waals surface area contributed by atoms with Gasteiger partial charge in [-0.05, 0) is 52.9 Å². The monoisotopic (exact) mass is 397 g/mol. The van der Waals surface area contributed by atoms with Crippen molar-refractivity contribution in [2.45, 2.75) is 12.8 Å².